The first kappa shape index (κ1) is 27.5. The summed E-state index contributed by atoms with van der Waals surface area (Å²) in [5.41, 5.74) is -3.55. The van der Waals surface area contributed by atoms with Gasteiger partial charge in [0.1, 0.15) is 6.07 Å². The molecule has 0 aliphatic heterocycles. The second kappa shape index (κ2) is 10.5. The molecule has 3 aromatic rings. The number of ketones is 1. The number of aryl methyl sites for hydroxylation is 1. The third kappa shape index (κ3) is 5.36. The molecule has 0 saturated heterocycles. The van der Waals surface area contributed by atoms with E-state index in [1.54, 1.807) is 0 Å². The molecule has 0 saturated carbocycles. The summed E-state index contributed by atoms with van der Waals surface area (Å²) in [6.07, 6.45) is -3.75. The van der Waals surface area contributed by atoms with Crippen LogP contribution in [0.3, 0.4) is 0 Å². The number of ether oxygens (including phenoxy) is 2. The molecule has 194 valence electrons. The molecule has 0 aliphatic carbocycles. The van der Waals surface area contributed by atoms with Crippen LogP contribution in [0.15, 0.2) is 23.3 Å². The van der Waals surface area contributed by atoms with Crippen LogP contribution in [-0.4, -0.2) is 38.8 Å². The van der Waals surface area contributed by atoms with E-state index in [1.165, 1.54) is 27.0 Å². The maximum atomic E-state index is 14.6. The van der Waals surface area contributed by atoms with Crippen molar-refractivity contribution >= 4 is 17.4 Å². The molecule has 3 rings (SSSR count). The van der Waals surface area contributed by atoms with Gasteiger partial charge in [0.05, 0.1) is 36.8 Å². The van der Waals surface area contributed by atoms with Crippen LogP contribution in [0, 0.1) is 24.1 Å². The highest BCUT2D eigenvalue weighted by Crippen LogP contribution is 2.39. The Morgan fingerprint density at radius 2 is 1.97 bits per heavy atom. The van der Waals surface area contributed by atoms with Gasteiger partial charge in [0.25, 0.3) is 5.56 Å². The molecule has 2 aromatic heterocycles. The zero-order chi connectivity index (χ0) is 27.7. The third-order valence-electron chi connectivity index (χ3n) is 4.94. The van der Waals surface area contributed by atoms with Gasteiger partial charge in [-0.3, -0.25) is 14.2 Å². The van der Waals surface area contributed by atoms with E-state index in [1.807, 2.05) is 0 Å². The van der Waals surface area contributed by atoms with Crippen molar-refractivity contribution in [1.29, 1.82) is 5.26 Å². The van der Waals surface area contributed by atoms with Crippen molar-refractivity contribution in [2.24, 2.45) is 0 Å². The van der Waals surface area contributed by atoms with Crippen molar-refractivity contribution in [2.75, 3.05) is 7.11 Å². The van der Waals surface area contributed by atoms with Crippen LogP contribution in [0.25, 0.3) is 0 Å². The maximum absolute atomic E-state index is 14.6. The maximum Gasteiger partial charge on any atom is 0.352 e. The van der Waals surface area contributed by atoms with Crippen LogP contribution in [-0.2, 0) is 12.5 Å². The quantitative estimate of drug-likeness (QED) is 0.302. The average molecular weight is 544 g/mol. The Bertz CT molecular complexity index is 1490. The van der Waals surface area contributed by atoms with E-state index in [0.717, 1.165) is 12.1 Å². The summed E-state index contributed by atoms with van der Waals surface area (Å²) in [6.45, 7) is 2.17. The third-order valence-corrected chi connectivity index (χ3v) is 5.15. The number of hydrogen-bond acceptors (Lipinski definition) is 8. The van der Waals surface area contributed by atoms with E-state index < -0.39 is 58.8 Å². The molecule has 9 nitrogen and oxygen atoms in total. The molecule has 0 radical (unpaired) electrons. The SMILES string of the molecule is COc1nc(C(C)=O)nc(C)c1Cn1cnc(C(F)(F)C(F)F)c(Oc2cc(Cl)cc(C#N)c2F)c1=O. The first-order valence-electron chi connectivity index (χ1n) is 10.1. The van der Waals surface area contributed by atoms with Gasteiger partial charge in [-0.05, 0) is 13.0 Å². The predicted molar refractivity (Wildman–Crippen MR) is 117 cm³/mol. The second-order valence-corrected chi connectivity index (χ2v) is 7.87. The van der Waals surface area contributed by atoms with Crippen molar-refractivity contribution in [3.05, 3.63) is 68.0 Å². The minimum atomic E-state index is -4.97. The zero-order valence-corrected chi connectivity index (χ0v) is 19.9. The lowest BCUT2D eigenvalue weighted by Crippen LogP contribution is -2.32. The van der Waals surface area contributed by atoms with Crippen molar-refractivity contribution < 1.29 is 36.2 Å². The molecule has 0 aliphatic rings. The molecule has 37 heavy (non-hydrogen) atoms. The van der Waals surface area contributed by atoms with Crippen LogP contribution in [0.5, 0.6) is 17.4 Å². The topological polar surface area (TPSA) is 120 Å². The molecule has 0 spiro atoms. The first-order valence-corrected chi connectivity index (χ1v) is 10.4. The largest absolute Gasteiger partial charge is 0.481 e. The lowest BCUT2D eigenvalue weighted by Gasteiger charge is -2.20. The van der Waals surface area contributed by atoms with Crippen molar-refractivity contribution in [3.8, 4) is 23.4 Å². The molecule has 0 unspecified atom stereocenters. The highest BCUT2D eigenvalue weighted by atomic mass is 35.5. The van der Waals surface area contributed by atoms with E-state index in [-0.39, 0.29) is 28.0 Å². The standard InChI is InChI=1S/C22H15ClF5N5O4/c1-9-13(19(36-3)32-18(31-9)10(2)34)7-33-8-30-17(22(27,28)21(25)26)16(20(33)35)37-14-5-12(23)4-11(6-29)15(14)24/h4-5,8,21H,7H2,1-3H3. The number of rotatable bonds is 8. The van der Waals surface area contributed by atoms with Gasteiger partial charge in [-0.2, -0.15) is 19.0 Å². The lowest BCUT2D eigenvalue weighted by atomic mass is 10.2. The fourth-order valence-corrected chi connectivity index (χ4v) is 3.30. The molecular formula is C22H15ClF5N5O4. The molecule has 0 atom stereocenters. The Balaban J connectivity index is 2.22. The summed E-state index contributed by atoms with van der Waals surface area (Å²) in [4.78, 5) is 36.0. The fourth-order valence-electron chi connectivity index (χ4n) is 3.09. The van der Waals surface area contributed by atoms with Crippen molar-refractivity contribution in [2.45, 2.75) is 32.7 Å². The molecule has 15 heteroatoms. The number of carbonyl (C=O) groups is 1. The van der Waals surface area contributed by atoms with Crippen molar-refractivity contribution in [3.63, 3.8) is 0 Å². The average Bonchev–Trinajstić information content (AvgIpc) is 2.83. The summed E-state index contributed by atoms with van der Waals surface area (Å²) in [5.74, 6) is -9.54. The molecule has 0 N–H and O–H groups in total. The minimum Gasteiger partial charge on any atom is -0.481 e. The summed E-state index contributed by atoms with van der Waals surface area (Å²) in [5, 5.41) is 8.77. The van der Waals surface area contributed by atoms with Gasteiger partial charge < -0.3 is 9.47 Å². The van der Waals surface area contributed by atoms with E-state index in [9.17, 15) is 31.5 Å². The van der Waals surface area contributed by atoms with Gasteiger partial charge in [0.15, 0.2) is 28.9 Å². The van der Waals surface area contributed by atoms with E-state index in [4.69, 9.17) is 26.3 Å². The number of benzene rings is 1. The lowest BCUT2D eigenvalue weighted by molar-refractivity contribution is -0.139. The van der Waals surface area contributed by atoms with E-state index in [0.29, 0.717) is 10.9 Å². The van der Waals surface area contributed by atoms with Gasteiger partial charge in [-0.1, -0.05) is 11.6 Å². The minimum absolute atomic E-state index is 0.122. The van der Waals surface area contributed by atoms with Crippen LogP contribution in [0.1, 0.15) is 40.1 Å². The second-order valence-electron chi connectivity index (χ2n) is 7.43. The van der Waals surface area contributed by atoms with Gasteiger partial charge in [0, 0.05) is 18.0 Å². The van der Waals surface area contributed by atoms with Crippen LogP contribution < -0.4 is 15.0 Å². The predicted octanol–water partition coefficient (Wildman–Crippen LogP) is 4.41. The van der Waals surface area contributed by atoms with Gasteiger partial charge >= 0.3 is 12.3 Å². The number of nitriles is 1. The van der Waals surface area contributed by atoms with Crippen LogP contribution in [0.4, 0.5) is 22.0 Å². The number of carbonyl (C=O) groups excluding carboxylic acids is 1. The molecule has 0 amide bonds. The van der Waals surface area contributed by atoms with Crippen LogP contribution >= 0.6 is 11.6 Å². The van der Waals surface area contributed by atoms with Gasteiger partial charge in [-0.25, -0.2) is 23.1 Å². The number of aromatic nitrogens is 4. The summed E-state index contributed by atoms with van der Waals surface area (Å²) < 4.78 is 80.4. The highest BCUT2D eigenvalue weighted by Gasteiger charge is 2.48. The highest BCUT2D eigenvalue weighted by molar-refractivity contribution is 6.30. The van der Waals surface area contributed by atoms with Gasteiger partial charge in [0.2, 0.25) is 11.6 Å². The number of hydrogen-bond donors (Lipinski definition) is 0. The van der Waals surface area contributed by atoms with Gasteiger partial charge in [-0.15, -0.1) is 0 Å². The first-order chi connectivity index (χ1) is 17.3. The number of nitrogens with zero attached hydrogens (tertiary/aromatic N) is 5. The monoisotopic (exact) mass is 543 g/mol. The number of methoxy groups -OCH3 is 1. The number of alkyl halides is 4. The summed E-state index contributed by atoms with van der Waals surface area (Å²) in [6, 6.07) is 3.12. The molecule has 0 bridgehead atoms. The Morgan fingerprint density at radius 1 is 1.30 bits per heavy atom. The molecule has 2 heterocycles. The Kier molecular flexibility index (Phi) is 7.77. The zero-order valence-electron chi connectivity index (χ0n) is 19.2. The van der Waals surface area contributed by atoms with Crippen LogP contribution in [0.2, 0.25) is 5.02 Å². The molecule has 1 aromatic carbocycles. The summed E-state index contributed by atoms with van der Waals surface area (Å²) in [7, 11) is 1.21. The Labute approximate surface area is 210 Å². The number of Topliss-reactive ketones (excluding diaryl/α,β-unsaturated/α-hetero) is 1. The smallest absolute Gasteiger partial charge is 0.352 e. The Hall–Kier alpha value is -4.12. The Morgan fingerprint density at radius 3 is 2.54 bits per heavy atom. The van der Waals surface area contributed by atoms with Crippen molar-refractivity contribution in [1.82, 2.24) is 19.5 Å². The van der Waals surface area contributed by atoms with E-state index >= 15 is 0 Å². The van der Waals surface area contributed by atoms with E-state index in [2.05, 4.69) is 15.0 Å². The molecular weight excluding hydrogens is 529 g/mol. The number of halogens is 6. The fraction of sp³-hybridized carbons (Fsp3) is 0.273. The normalized spacial score (nSPS) is 11.4. The summed E-state index contributed by atoms with van der Waals surface area (Å²) >= 11 is 5.79. The molecule has 0 fully saturated rings.